The largest absolute Gasteiger partial charge is 0.398 e. The van der Waals surface area contributed by atoms with Gasteiger partial charge in [-0.1, -0.05) is 87.6 Å². The first-order valence-corrected chi connectivity index (χ1v) is 16.2. The van der Waals surface area contributed by atoms with Crippen LogP contribution in [0, 0.1) is 11.8 Å². The first-order valence-electron chi connectivity index (χ1n) is 14.6. The smallest absolute Gasteiger partial charge is 0.196 e. The van der Waals surface area contributed by atoms with Crippen molar-refractivity contribution in [3.8, 4) is 0 Å². The quantitative estimate of drug-likeness (QED) is 0.157. The van der Waals surface area contributed by atoms with Crippen molar-refractivity contribution < 1.29 is 9.59 Å². The lowest BCUT2D eigenvalue weighted by atomic mass is 9.84. The molecule has 0 fully saturated rings. The molecule has 4 aromatic rings. The lowest BCUT2D eigenvalue weighted by molar-refractivity contribution is 0.0974. The highest BCUT2D eigenvalue weighted by atomic mass is 32.2. The Balaban J connectivity index is 1.46. The van der Waals surface area contributed by atoms with E-state index in [1.807, 2.05) is 48.5 Å². The molecule has 42 heavy (non-hydrogen) atoms. The first-order chi connectivity index (χ1) is 20.1. The number of fused-ring (bicyclic) bond motifs is 2. The summed E-state index contributed by atoms with van der Waals surface area (Å²) in [6.45, 7) is 8.86. The second-order valence-corrected chi connectivity index (χ2v) is 14.0. The van der Waals surface area contributed by atoms with Crippen LogP contribution in [0.2, 0.25) is 0 Å². The summed E-state index contributed by atoms with van der Waals surface area (Å²) < 4.78 is 0. The Hall–Kier alpha value is -3.48. The van der Waals surface area contributed by atoms with Crippen LogP contribution in [0.15, 0.2) is 92.4 Å². The van der Waals surface area contributed by atoms with Gasteiger partial charge in [0.25, 0.3) is 0 Å². The van der Waals surface area contributed by atoms with Crippen LogP contribution >= 0.6 is 23.5 Å². The summed E-state index contributed by atoms with van der Waals surface area (Å²) >= 11 is 2.88. The van der Waals surface area contributed by atoms with Crippen LogP contribution in [0.4, 0.5) is 11.4 Å². The number of carbonyl (C=O) groups is 2. The maximum absolute atomic E-state index is 14.2. The van der Waals surface area contributed by atoms with Crippen LogP contribution in [-0.4, -0.2) is 11.6 Å². The van der Waals surface area contributed by atoms with Gasteiger partial charge in [-0.3, -0.25) is 9.59 Å². The van der Waals surface area contributed by atoms with Crippen molar-refractivity contribution in [2.45, 2.75) is 73.0 Å². The molecule has 0 bridgehead atoms. The average Bonchev–Trinajstić information content (AvgIpc) is 2.96. The molecule has 1 aliphatic carbocycles. The third kappa shape index (κ3) is 6.45. The van der Waals surface area contributed by atoms with E-state index < -0.39 is 0 Å². The summed E-state index contributed by atoms with van der Waals surface area (Å²) in [5, 5.41) is 0. The molecule has 0 atom stereocenters. The van der Waals surface area contributed by atoms with E-state index in [4.69, 9.17) is 11.5 Å². The molecule has 0 unspecified atom stereocenters. The Morgan fingerprint density at radius 3 is 1.38 bits per heavy atom. The molecule has 0 heterocycles. The van der Waals surface area contributed by atoms with Gasteiger partial charge in [0.15, 0.2) is 11.6 Å². The van der Waals surface area contributed by atoms with Gasteiger partial charge in [0.05, 0.1) is 0 Å². The van der Waals surface area contributed by atoms with Crippen molar-refractivity contribution in [1.82, 2.24) is 0 Å². The second-order valence-electron chi connectivity index (χ2n) is 11.8. The number of rotatable bonds is 10. The SMILES string of the molecule is CC(C)CCc1ccc(Sc2cccc3c2C(=O)c2c(Sc4ccc(CCC(C)C)cc4N)cccc2C3=O)c(N)c1. The molecule has 0 saturated carbocycles. The van der Waals surface area contributed by atoms with E-state index in [2.05, 4.69) is 39.8 Å². The predicted molar refractivity (Wildman–Crippen MR) is 176 cm³/mol. The van der Waals surface area contributed by atoms with Gasteiger partial charge in [-0.25, -0.2) is 0 Å². The number of anilines is 2. The summed E-state index contributed by atoms with van der Waals surface area (Å²) in [5.41, 5.74) is 18.4. The number of ketones is 2. The van der Waals surface area contributed by atoms with E-state index in [0.29, 0.717) is 45.5 Å². The molecule has 0 radical (unpaired) electrons. The zero-order valence-electron chi connectivity index (χ0n) is 24.7. The lowest BCUT2D eigenvalue weighted by Gasteiger charge is -2.22. The molecule has 4 nitrogen and oxygen atoms in total. The van der Waals surface area contributed by atoms with Crippen molar-refractivity contribution >= 4 is 46.5 Å². The molecular weight excluding hydrogens is 557 g/mol. The fourth-order valence-electron chi connectivity index (χ4n) is 5.19. The van der Waals surface area contributed by atoms with Crippen LogP contribution in [-0.2, 0) is 12.8 Å². The monoisotopic (exact) mass is 594 g/mol. The zero-order chi connectivity index (χ0) is 30.0. The minimum atomic E-state index is -0.148. The zero-order valence-corrected chi connectivity index (χ0v) is 26.3. The molecule has 0 spiro atoms. The fourth-order valence-corrected chi connectivity index (χ4v) is 7.19. The Morgan fingerprint density at radius 1 is 0.571 bits per heavy atom. The summed E-state index contributed by atoms with van der Waals surface area (Å²) in [6, 6.07) is 23.3. The summed E-state index contributed by atoms with van der Waals surface area (Å²) in [7, 11) is 0. The van der Waals surface area contributed by atoms with Crippen molar-refractivity contribution in [2.75, 3.05) is 11.5 Å². The van der Waals surface area contributed by atoms with E-state index in [0.717, 1.165) is 45.3 Å². The molecule has 4 aromatic carbocycles. The summed E-state index contributed by atoms with van der Waals surface area (Å²) in [6.07, 6.45) is 4.15. The van der Waals surface area contributed by atoms with Gasteiger partial charge in [0.1, 0.15) is 0 Å². The molecule has 0 saturated heterocycles. The molecule has 0 aliphatic heterocycles. The van der Waals surface area contributed by atoms with Crippen LogP contribution in [0.3, 0.4) is 0 Å². The second kappa shape index (κ2) is 12.8. The van der Waals surface area contributed by atoms with E-state index in [9.17, 15) is 9.59 Å². The Labute approximate surface area is 257 Å². The highest BCUT2D eigenvalue weighted by molar-refractivity contribution is 8.00. The predicted octanol–water partition coefficient (Wildman–Crippen LogP) is 9.11. The van der Waals surface area contributed by atoms with Crippen LogP contribution < -0.4 is 11.5 Å². The third-order valence-corrected chi connectivity index (χ3v) is 9.91. The van der Waals surface area contributed by atoms with E-state index >= 15 is 0 Å². The Bertz CT molecular complexity index is 1540. The summed E-state index contributed by atoms with van der Waals surface area (Å²) in [4.78, 5) is 31.1. The summed E-state index contributed by atoms with van der Waals surface area (Å²) in [5.74, 6) is 0.954. The standard InChI is InChI=1S/C36H38N2O2S2/c1-21(2)11-13-23-15-17-29(27(37)19-23)41-31-9-5-7-25-33(31)36(40)34-26(35(25)39)8-6-10-32(34)42-30-18-16-24(20-28(30)38)14-12-22(3)4/h5-10,15-22H,11-14,37-38H2,1-4H3. The van der Waals surface area contributed by atoms with Crippen LogP contribution in [0.1, 0.15) is 83.5 Å². The normalized spacial score (nSPS) is 12.6. The molecule has 0 aromatic heterocycles. The molecule has 1 aliphatic rings. The first kappa shape index (κ1) is 30.0. The number of hydrogen-bond acceptors (Lipinski definition) is 6. The molecular formula is C36H38N2O2S2. The number of hydrogen-bond donors (Lipinski definition) is 2. The van der Waals surface area contributed by atoms with Gasteiger partial charge in [0, 0.05) is 53.2 Å². The molecule has 0 amide bonds. The van der Waals surface area contributed by atoms with Crippen molar-refractivity contribution in [3.63, 3.8) is 0 Å². The van der Waals surface area contributed by atoms with Crippen LogP contribution in [0.5, 0.6) is 0 Å². The van der Waals surface area contributed by atoms with Gasteiger partial charge in [-0.05, 0) is 85.0 Å². The molecule has 5 rings (SSSR count). The number of carbonyl (C=O) groups excluding carboxylic acids is 2. The third-order valence-electron chi connectivity index (χ3n) is 7.60. The fraction of sp³-hybridized carbons (Fsp3) is 0.278. The number of nitrogens with two attached hydrogens (primary N) is 2. The highest BCUT2D eigenvalue weighted by Gasteiger charge is 2.34. The van der Waals surface area contributed by atoms with Crippen LogP contribution in [0.25, 0.3) is 0 Å². The van der Waals surface area contributed by atoms with Gasteiger partial charge in [-0.2, -0.15) is 0 Å². The van der Waals surface area contributed by atoms with E-state index in [1.54, 1.807) is 12.1 Å². The maximum Gasteiger partial charge on any atom is 0.196 e. The lowest BCUT2D eigenvalue weighted by Crippen LogP contribution is -2.22. The maximum atomic E-state index is 14.2. The molecule has 6 heteroatoms. The van der Waals surface area contributed by atoms with Gasteiger partial charge >= 0.3 is 0 Å². The Morgan fingerprint density at radius 2 is 1.00 bits per heavy atom. The van der Waals surface area contributed by atoms with E-state index in [1.165, 1.54) is 34.7 Å². The average molecular weight is 595 g/mol. The highest BCUT2D eigenvalue weighted by Crippen LogP contribution is 2.43. The van der Waals surface area contributed by atoms with Crippen molar-refractivity contribution in [2.24, 2.45) is 11.8 Å². The van der Waals surface area contributed by atoms with Crippen molar-refractivity contribution in [1.29, 1.82) is 0 Å². The minimum Gasteiger partial charge on any atom is -0.398 e. The number of aryl methyl sites for hydroxylation is 2. The molecule has 4 N–H and O–H groups in total. The van der Waals surface area contributed by atoms with Crippen molar-refractivity contribution in [3.05, 3.63) is 106 Å². The Kier molecular flexibility index (Phi) is 9.14. The van der Waals surface area contributed by atoms with Gasteiger partial charge in [-0.15, -0.1) is 0 Å². The van der Waals surface area contributed by atoms with Gasteiger partial charge < -0.3 is 11.5 Å². The number of benzene rings is 4. The number of nitrogen functional groups attached to an aromatic ring is 2. The van der Waals surface area contributed by atoms with E-state index in [-0.39, 0.29) is 11.6 Å². The topological polar surface area (TPSA) is 86.2 Å². The molecule has 216 valence electrons. The minimum absolute atomic E-state index is 0.140. The van der Waals surface area contributed by atoms with Gasteiger partial charge in [0.2, 0.25) is 0 Å².